The Balaban J connectivity index is 1.79. The number of aromatic hydroxyl groups is 1. The number of para-hydroxylation sites is 1. The van der Waals surface area contributed by atoms with E-state index in [4.69, 9.17) is 9.47 Å². The van der Waals surface area contributed by atoms with Gasteiger partial charge in [-0.3, -0.25) is 4.79 Å². The molecule has 0 saturated heterocycles. The molecular formula is C27H29NO5. The van der Waals surface area contributed by atoms with E-state index >= 15 is 0 Å². The zero-order valence-electron chi connectivity index (χ0n) is 19.2. The van der Waals surface area contributed by atoms with E-state index in [1.54, 1.807) is 25.3 Å². The van der Waals surface area contributed by atoms with E-state index in [1.165, 1.54) is 0 Å². The van der Waals surface area contributed by atoms with Crippen molar-refractivity contribution >= 4 is 11.8 Å². The fourth-order valence-corrected chi connectivity index (χ4v) is 4.84. The molecule has 4 rings (SSSR count). The third-order valence-electron chi connectivity index (χ3n) is 6.27. The summed E-state index contributed by atoms with van der Waals surface area (Å²) in [6.45, 7) is 4.07. The monoisotopic (exact) mass is 447 g/mol. The highest BCUT2D eigenvalue weighted by Crippen LogP contribution is 2.47. The maximum atomic E-state index is 13.6. The van der Waals surface area contributed by atoms with Gasteiger partial charge in [-0.05, 0) is 49.1 Å². The van der Waals surface area contributed by atoms with E-state index in [1.807, 2.05) is 44.2 Å². The number of hydrogen-bond acceptors (Lipinski definition) is 6. The van der Waals surface area contributed by atoms with Crippen LogP contribution in [0.4, 0.5) is 0 Å². The van der Waals surface area contributed by atoms with Crippen LogP contribution < -0.4 is 10.1 Å². The Morgan fingerprint density at radius 2 is 1.94 bits per heavy atom. The Morgan fingerprint density at radius 1 is 1.15 bits per heavy atom. The molecule has 0 amide bonds. The zero-order chi connectivity index (χ0) is 23.5. The molecule has 2 aromatic rings. The van der Waals surface area contributed by atoms with E-state index < -0.39 is 11.9 Å². The van der Waals surface area contributed by atoms with Crippen molar-refractivity contribution in [3.05, 3.63) is 82.2 Å². The topological polar surface area (TPSA) is 84.9 Å². The number of esters is 1. The maximum Gasteiger partial charge on any atom is 0.336 e. The predicted molar refractivity (Wildman–Crippen MR) is 125 cm³/mol. The van der Waals surface area contributed by atoms with Crippen molar-refractivity contribution in [2.45, 2.75) is 44.9 Å². The van der Waals surface area contributed by atoms with Crippen LogP contribution in [0.2, 0.25) is 0 Å². The van der Waals surface area contributed by atoms with Gasteiger partial charge in [-0.2, -0.15) is 0 Å². The molecule has 0 bridgehead atoms. The third-order valence-corrected chi connectivity index (χ3v) is 6.27. The van der Waals surface area contributed by atoms with Gasteiger partial charge in [0, 0.05) is 35.2 Å². The molecule has 2 aliphatic rings. The number of hydrogen-bond donors (Lipinski definition) is 2. The summed E-state index contributed by atoms with van der Waals surface area (Å²) in [5, 5.41) is 13.5. The molecular weight excluding hydrogens is 418 g/mol. The van der Waals surface area contributed by atoms with E-state index in [0.717, 1.165) is 17.0 Å². The summed E-state index contributed by atoms with van der Waals surface area (Å²) in [5.74, 6) is -0.254. The minimum Gasteiger partial charge on any atom is -0.508 e. The number of dihydropyridines is 1. The number of Topliss-reactive ketones (excluding diaryl/α,β-unsaturated/α-hetero) is 1. The molecule has 2 N–H and O–H groups in total. The van der Waals surface area contributed by atoms with Crippen LogP contribution in [0.25, 0.3) is 0 Å². The lowest BCUT2D eigenvalue weighted by atomic mass is 9.71. The highest BCUT2D eigenvalue weighted by Gasteiger charge is 2.41. The van der Waals surface area contributed by atoms with Crippen LogP contribution in [-0.4, -0.2) is 30.6 Å². The summed E-state index contributed by atoms with van der Waals surface area (Å²) >= 11 is 0. The van der Waals surface area contributed by atoms with Gasteiger partial charge in [0.05, 0.1) is 19.3 Å². The summed E-state index contributed by atoms with van der Waals surface area (Å²) in [6, 6.07) is 14.5. The second kappa shape index (κ2) is 9.53. The van der Waals surface area contributed by atoms with Gasteiger partial charge in [0.1, 0.15) is 11.5 Å². The Kier molecular flexibility index (Phi) is 6.54. The average Bonchev–Trinajstić information content (AvgIpc) is 2.81. The lowest BCUT2D eigenvalue weighted by Gasteiger charge is -2.37. The first-order valence-corrected chi connectivity index (χ1v) is 11.3. The van der Waals surface area contributed by atoms with E-state index in [-0.39, 0.29) is 17.5 Å². The van der Waals surface area contributed by atoms with Crippen LogP contribution in [0.1, 0.15) is 56.1 Å². The average molecular weight is 448 g/mol. The predicted octanol–water partition coefficient (Wildman–Crippen LogP) is 4.72. The molecule has 2 atom stereocenters. The van der Waals surface area contributed by atoms with E-state index in [2.05, 4.69) is 5.32 Å². The number of phenolic OH excluding ortho intramolecular Hbond substituents is 1. The molecule has 0 unspecified atom stereocenters. The van der Waals surface area contributed by atoms with Crippen LogP contribution in [0.3, 0.4) is 0 Å². The molecule has 1 aliphatic carbocycles. The molecule has 0 saturated carbocycles. The summed E-state index contributed by atoms with van der Waals surface area (Å²) in [7, 11) is 1.63. The Labute approximate surface area is 193 Å². The summed E-state index contributed by atoms with van der Waals surface area (Å²) in [6.07, 6.45) is 1.63. The van der Waals surface area contributed by atoms with Gasteiger partial charge < -0.3 is 19.9 Å². The molecule has 172 valence electrons. The first kappa shape index (κ1) is 22.6. The summed E-state index contributed by atoms with van der Waals surface area (Å²) in [4.78, 5) is 26.6. The van der Waals surface area contributed by atoms with Crippen LogP contribution in [0, 0.1) is 0 Å². The second-order valence-corrected chi connectivity index (χ2v) is 8.49. The van der Waals surface area contributed by atoms with Crippen molar-refractivity contribution in [1.82, 2.24) is 5.32 Å². The highest BCUT2D eigenvalue weighted by atomic mass is 16.5. The first-order chi connectivity index (χ1) is 15.9. The molecule has 6 nitrogen and oxygen atoms in total. The zero-order valence-corrected chi connectivity index (χ0v) is 19.2. The van der Waals surface area contributed by atoms with Gasteiger partial charge in [-0.1, -0.05) is 37.3 Å². The molecule has 33 heavy (non-hydrogen) atoms. The molecule has 1 heterocycles. The molecule has 0 aromatic heterocycles. The number of methoxy groups -OCH3 is 1. The molecule has 0 radical (unpaired) electrons. The number of rotatable bonds is 6. The number of ether oxygens (including phenoxy) is 2. The summed E-state index contributed by atoms with van der Waals surface area (Å²) in [5.41, 5.74) is 4.13. The van der Waals surface area contributed by atoms with E-state index in [0.29, 0.717) is 48.3 Å². The van der Waals surface area contributed by atoms with Crippen molar-refractivity contribution in [3.63, 3.8) is 0 Å². The van der Waals surface area contributed by atoms with Crippen LogP contribution >= 0.6 is 0 Å². The minimum absolute atomic E-state index is 0.0266. The van der Waals surface area contributed by atoms with Gasteiger partial charge in [0.15, 0.2) is 5.78 Å². The lowest BCUT2D eigenvalue weighted by Crippen LogP contribution is -2.36. The Hall–Kier alpha value is -3.54. The Bertz CT molecular complexity index is 1150. The normalized spacial score (nSPS) is 20.3. The number of nitrogens with one attached hydrogen (secondary N) is 1. The van der Waals surface area contributed by atoms with Crippen LogP contribution in [-0.2, 0) is 14.3 Å². The number of carbonyl (C=O) groups excluding carboxylic acids is 2. The summed E-state index contributed by atoms with van der Waals surface area (Å²) < 4.78 is 11.0. The molecule has 0 fully saturated rings. The lowest BCUT2D eigenvalue weighted by molar-refractivity contribution is -0.139. The number of ketones is 1. The van der Waals surface area contributed by atoms with Crippen LogP contribution in [0.15, 0.2) is 71.1 Å². The minimum atomic E-state index is -0.594. The van der Waals surface area contributed by atoms with Crippen molar-refractivity contribution in [3.8, 4) is 11.5 Å². The van der Waals surface area contributed by atoms with Crippen molar-refractivity contribution in [2.75, 3.05) is 13.7 Å². The first-order valence-electron chi connectivity index (χ1n) is 11.3. The smallest absolute Gasteiger partial charge is 0.336 e. The Morgan fingerprint density at radius 3 is 2.67 bits per heavy atom. The standard InChI is InChI=1S/C27H29NO5/c1-4-12-33-27(31)24-16(2)28-21-14-18(20-10-5-6-11-23(20)32-3)15-22(30)26(21)25(24)17-8-7-9-19(29)13-17/h5-11,13,18,25,28-29H,4,12,14-15H2,1-3H3/t18-,25+/m1/s1. The molecule has 6 heteroatoms. The number of allylic oxidation sites excluding steroid dienone is 3. The van der Waals surface area contributed by atoms with E-state index in [9.17, 15) is 14.7 Å². The highest BCUT2D eigenvalue weighted by molar-refractivity contribution is 6.04. The van der Waals surface area contributed by atoms with Crippen molar-refractivity contribution < 1.29 is 24.2 Å². The molecule has 2 aromatic carbocycles. The molecule has 0 spiro atoms. The van der Waals surface area contributed by atoms with Crippen molar-refractivity contribution in [2.24, 2.45) is 0 Å². The third kappa shape index (κ3) is 4.38. The molecule has 1 aliphatic heterocycles. The maximum absolute atomic E-state index is 13.6. The van der Waals surface area contributed by atoms with Gasteiger partial charge in [0.25, 0.3) is 0 Å². The SMILES string of the molecule is CCCOC(=O)C1=C(C)NC2=C(C(=O)C[C@H](c3ccccc3OC)C2)[C@H]1c1cccc(O)c1. The number of benzene rings is 2. The van der Waals surface area contributed by atoms with Crippen molar-refractivity contribution in [1.29, 1.82) is 0 Å². The quantitative estimate of drug-likeness (QED) is 0.624. The number of carbonyl (C=O) groups is 2. The number of phenols is 1. The second-order valence-electron chi connectivity index (χ2n) is 8.49. The van der Waals surface area contributed by atoms with Gasteiger partial charge in [-0.25, -0.2) is 4.79 Å². The van der Waals surface area contributed by atoms with Gasteiger partial charge in [0.2, 0.25) is 0 Å². The van der Waals surface area contributed by atoms with Gasteiger partial charge >= 0.3 is 5.97 Å². The van der Waals surface area contributed by atoms with Gasteiger partial charge in [-0.15, -0.1) is 0 Å². The largest absolute Gasteiger partial charge is 0.508 e. The fourth-order valence-electron chi connectivity index (χ4n) is 4.84. The fraction of sp³-hybridized carbons (Fsp3) is 0.333. The van der Waals surface area contributed by atoms with Crippen LogP contribution in [0.5, 0.6) is 11.5 Å².